The quantitative estimate of drug-likeness (QED) is 0.638. The Morgan fingerprint density at radius 1 is 1.43 bits per heavy atom. The smallest absolute Gasteiger partial charge is 0.318 e. The summed E-state index contributed by atoms with van der Waals surface area (Å²) >= 11 is 0. The zero-order valence-corrected chi connectivity index (χ0v) is 11.9. The monoisotopic (exact) mass is 284 g/mol. The lowest BCUT2D eigenvalue weighted by Crippen LogP contribution is -2.43. The number of hydrogen-bond donors (Lipinski definition) is 2. The van der Waals surface area contributed by atoms with Crippen LogP contribution >= 0.6 is 0 Å². The van der Waals surface area contributed by atoms with Gasteiger partial charge in [-0.25, -0.2) is 0 Å². The molecule has 21 heavy (non-hydrogen) atoms. The minimum absolute atomic E-state index is 0.0116. The molecule has 6 heteroatoms. The summed E-state index contributed by atoms with van der Waals surface area (Å²) in [5, 5.41) is 15.4. The Labute approximate surface area is 122 Å². The Kier molecular flexibility index (Phi) is 2.94. The molecule has 3 N–H and O–H groups in total. The number of para-hydroxylation sites is 1. The minimum Gasteiger partial charge on any atom is -0.595 e. The van der Waals surface area contributed by atoms with E-state index in [2.05, 4.69) is 5.32 Å². The van der Waals surface area contributed by atoms with Gasteiger partial charge in [0.2, 0.25) is 0 Å². The maximum atomic E-state index is 12.1. The van der Waals surface area contributed by atoms with Crippen molar-refractivity contribution in [2.24, 2.45) is 12.8 Å². The summed E-state index contributed by atoms with van der Waals surface area (Å²) in [4.78, 5) is 12.2. The van der Waals surface area contributed by atoms with Gasteiger partial charge in [0.15, 0.2) is 0 Å². The van der Waals surface area contributed by atoms with Crippen LogP contribution in [0.25, 0.3) is 11.6 Å². The van der Waals surface area contributed by atoms with E-state index < -0.39 is 5.91 Å². The Hall–Kier alpha value is -2.76. The van der Waals surface area contributed by atoms with E-state index in [9.17, 15) is 10.0 Å². The van der Waals surface area contributed by atoms with Crippen LogP contribution in [0.5, 0.6) is 0 Å². The molecule has 0 fully saturated rings. The average Bonchev–Trinajstić information content (AvgIpc) is 2.71. The molecule has 1 aliphatic heterocycles. The van der Waals surface area contributed by atoms with Gasteiger partial charge in [-0.2, -0.15) is 0 Å². The molecule has 0 saturated carbocycles. The number of rotatable bonds is 2. The van der Waals surface area contributed by atoms with Crippen LogP contribution in [0.3, 0.4) is 0 Å². The predicted molar refractivity (Wildman–Crippen MR) is 80.4 cm³/mol. The Bertz CT molecular complexity index is 774. The van der Waals surface area contributed by atoms with Gasteiger partial charge < -0.3 is 16.3 Å². The molecule has 0 radical (unpaired) electrons. The van der Waals surface area contributed by atoms with Gasteiger partial charge in [-0.05, 0) is 30.2 Å². The number of anilines is 1. The van der Waals surface area contributed by atoms with Gasteiger partial charge in [-0.15, -0.1) is 4.68 Å². The van der Waals surface area contributed by atoms with Crippen molar-refractivity contribution in [2.75, 3.05) is 11.9 Å². The molecule has 108 valence electrons. The maximum absolute atomic E-state index is 12.1. The number of aromatic nitrogens is 2. The van der Waals surface area contributed by atoms with Gasteiger partial charge in [0, 0.05) is 12.2 Å². The molecule has 1 aromatic carbocycles. The van der Waals surface area contributed by atoms with Crippen molar-refractivity contribution in [3.05, 3.63) is 52.0 Å². The van der Waals surface area contributed by atoms with Crippen LogP contribution in [-0.2, 0) is 7.05 Å². The first kappa shape index (κ1) is 13.2. The molecule has 2 aromatic rings. The van der Waals surface area contributed by atoms with Crippen molar-refractivity contribution < 1.29 is 9.64 Å². The van der Waals surface area contributed by atoms with Gasteiger partial charge in [0.25, 0.3) is 0 Å². The Morgan fingerprint density at radius 3 is 2.86 bits per heavy atom. The SMILES string of the molecule is Cc1c(C2=Cc3ccccc3NC2)c(C(N)=O)[n+]([O-])n1C. The largest absolute Gasteiger partial charge is 0.595 e. The third-order valence-electron chi connectivity index (χ3n) is 3.86. The summed E-state index contributed by atoms with van der Waals surface area (Å²) in [7, 11) is 1.61. The minimum atomic E-state index is -0.719. The molecule has 2 heterocycles. The summed E-state index contributed by atoms with van der Waals surface area (Å²) in [6, 6.07) is 7.87. The predicted octanol–water partition coefficient (Wildman–Crippen LogP) is 1.03. The van der Waals surface area contributed by atoms with Crippen molar-refractivity contribution in [3.8, 4) is 0 Å². The molecule has 3 rings (SSSR count). The van der Waals surface area contributed by atoms with Crippen molar-refractivity contribution >= 4 is 23.2 Å². The normalized spacial score (nSPS) is 13.3. The first-order chi connectivity index (χ1) is 10.0. The number of carbonyl (C=O) groups is 1. The molecule has 0 atom stereocenters. The summed E-state index contributed by atoms with van der Waals surface area (Å²) < 4.78 is 1.39. The zero-order valence-electron chi connectivity index (χ0n) is 11.9. The molecule has 0 spiro atoms. The summed E-state index contributed by atoms with van der Waals surface area (Å²) in [5.41, 5.74) is 9.63. The number of benzene rings is 1. The lowest BCUT2D eigenvalue weighted by molar-refractivity contribution is -0.693. The first-order valence-corrected chi connectivity index (χ1v) is 6.63. The molecule has 1 aromatic heterocycles. The molecular formula is C15H16N4O2. The second kappa shape index (κ2) is 4.66. The van der Waals surface area contributed by atoms with Gasteiger partial charge >= 0.3 is 11.6 Å². The van der Waals surface area contributed by atoms with Crippen LogP contribution in [0, 0.1) is 12.1 Å². The van der Waals surface area contributed by atoms with Gasteiger partial charge in [0.05, 0.1) is 18.3 Å². The van der Waals surface area contributed by atoms with Crippen molar-refractivity contribution in [1.29, 1.82) is 0 Å². The highest BCUT2D eigenvalue weighted by Crippen LogP contribution is 2.30. The summed E-state index contributed by atoms with van der Waals surface area (Å²) in [5.74, 6) is -0.719. The number of carbonyl (C=O) groups excluding carboxylic acids is 1. The van der Waals surface area contributed by atoms with E-state index in [1.807, 2.05) is 30.3 Å². The third kappa shape index (κ3) is 1.96. The number of primary amides is 1. The second-order valence-corrected chi connectivity index (χ2v) is 5.08. The van der Waals surface area contributed by atoms with E-state index in [4.69, 9.17) is 5.73 Å². The second-order valence-electron chi connectivity index (χ2n) is 5.08. The zero-order chi connectivity index (χ0) is 15.1. The van der Waals surface area contributed by atoms with Crippen molar-refractivity contribution in [3.63, 3.8) is 0 Å². The lowest BCUT2D eigenvalue weighted by atomic mass is 9.96. The number of hydrogen-bond acceptors (Lipinski definition) is 3. The van der Waals surface area contributed by atoms with E-state index >= 15 is 0 Å². The van der Waals surface area contributed by atoms with Crippen molar-refractivity contribution in [1.82, 2.24) is 4.68 Å². The number of nitrogens with two attached hydrogens (primary N) is 1. The van der Waals surface area contributed by atoms with E-state index in [0.717, 1.165) is 16.8 Å². The highest BCUT2D eigenvalue weighted by atomic mass is 16.5. The van der Waals surface area contributed by atoms with Crippen LogP contribution in [0.4, 0.5) is 5.69 Å². The first-order valence-electron chi connectivity index (χ1n) is 6.63. The fraction of sp³-hybridized carbons (Fsp3) is 0.200. The molecular weight excluding hydrogens is 268 g/mol. The standard InChI is InChI=1S/C15H16N4O2/c1-9-13(14(15(16)20)19(21)18(9)2)11-7-10-5-3-4-6-12(10)17-8-11/h3-7,17H,8H2,1-2H3,(H2,16,20). The van der Waals surface area contributed by atoms with Crippen LogP contribution < -0.4 is 15.9 Å². The third-order valence-corrected chi connectivity index (χ3v) is 3.86. The van der Waals surface area contributed by atoms with Crippen LogP contribution in [0.2, 0.25) is 0 Å². The Morgan fingerprint density at radius 2 is 2.14 bits per heavy atom. The van der Waals surface area contributed by atoms with Gasteiger partial charge in [0.1, 0.15) is 0 Å². The molecule has 0 unspecified atom stereocenters. The lowest BCUT2D eigenvalue weighted by Gasteiger charge is -2.18. The van der Waals surface area contributed by atoms with Crippen LogP contribution in [0.15, 0.2) is 24.3 Å². The van der Waals surface area contributed by atoms with E-state index in [1.165, 1.54) is 4.68 Å². The number of fused-ring (bicyclic) bond motifs is 1. The molecule has 1 amide bonds. The molecule has 1 aliphatic rings. The molecule has 6 nitrogen and oxygen atoms in total. The van der Waals surface area contributed by atoms with Gasteiger partial charge in [-0.1, -0.05) is 23.0 Å². The molecule has 0 bridgehead atoms. The summed E-state index contributed by atoms with van der Waals surface area (Å²) in [6.45, 7) is 2.35. The molecule has 0 saturated heterocycles. The number of amides is 1. The van der Waals surface area contributed by atoms with E-state index in [0.29, 0.717) is 22.6 Å². The van der Waals surface area contributed by atoms with E-state index in [-0.39, 0.29) is 5.69 Å². The fourth-order valence-corrected chi connectivity index (χ4v) is 2.69. The number of nitrogens with one attached hydrogen (secondary N) is 1. The van der Waals surface area contributed by atoms with Gasteiger partial charge in [-0.3, -0.25) is 4.79 Å². The van der Waals surface area contributed by atoms with E-state index in [1.54, 1.807) is 14.0 Å². The van der Waals surface area contributed by atoms with Crippen LogP contribution in [0.1, 0.15) is 27.3 Å². The maximum Gasteiger partial charge on any atom is 0.318 e. The topological polar surface area (TPSA) is 87.0 Å². The highest BCUT2D eigenvalue weighted by Gasteiger charge is 2.30. The number of nitrogens with zero attached hydrogens (tertiary/aromatic N) is 2. The molecule has 0 aliphatic carbocycles. The highest BCUT2D eigenvalue weighted by molar-refractivity contribution is 6.00. The Balaban J connectivity index is 2.21. The average molecular weight is 284 g/mol. The fourth-order valence-electron chi connectivity index (χ4n) is 2.69. The van der Waals surface area contributed by atoms with Crippen molar-refractivity contribution in [2.45, 2.75) is 6.92 Å². The van der Waals surface area contributed by atoms with Crippen LogP contribution in [-0.4, -0.2) is 17.1 Å². The summed E-state index contributed by atoms with van der Waals surface area (Å²) in [6.07, 6.45) is 1.99.